The molecule has 0 unspecified atom stereocenters. The number of hydrogen-bond acceptors (Lipinski definition) is 4. The van der Waals surface area contributed by atoms with Crippen LogP contribution >= 0.6 is 10.7 Å². The predicted molar refractivity (Wildman–Crippen MR) is 41.8 cm³/mol. The monoisotopic (exact) mass is 208 g/mol. The lowest BCUT2D eigenvalue weighted by Crippen LogP contribution is -1.89. The van der Waals surface area contributed by atoms with Gasteiger partial charge in [-0.2, -0.15) is 0 Å². The molecule has 0 aliphatic heterocycles. The standard InChI is InChI=1S/C6H5ClO4S/c1-4(8)5-2-6(11-3-5)12(7,9)10/h2-3H,1H3. The van der Waals surface area contributed by atoms with E-state index in [1.807, 2.05) is 0 Å². The Balaban J connectivity index is 3.17. The van der Waals surface area contributed by atoms with Crippen LogP contribution in [0.15, 0.2) is 21.8 Å². The summed E-state index contributed by atoms with van der Waals surface area (Å²) in [6.07, 6.45) is 1.05. The van der Waals surface area contributed by atoms with E-state index in [-0.39, 0.29) is 11.3 Å². The Morgan fingerprint density at radius 2 is 2.17 bits per heavy atom. The highest BCUT2D eigenvalue weighted by Gasteiger charge is 2.16. The number of furan rings is 1. The van der Waals surface area contributed by atoms with Gasteiger partial charge in [0.1, 0.15) is 6.26 Å². The van der Waals surface area contributed by atoms with E-state index in [9.17, 15) is 13.2 Å². The first-order valence-electron chi connectivity index (χ1n) is 2.95. The van der Waals surface area contributed by atoms with Crippen molar-refractivity contribution < 1.29 is 17.6 Å². The zero-order chi connectivity index (χ0) is 9.35. The van der Waals surface area contributed by atoms with Gasteiger partial charge in [-0.1, -0.05) is 0 Å². The van der Waals surface area contributed by atoms with E-state index in [2.05, 4.69) is 4.42 Å². The highest BCUT2D eigenvalue weighted by atomic mass is 35.7. The summed E-state index contributed by atoms with van der Waals surface area (Å²) in [5, 5.41) is -0.408. The molecular formula is C6H5ClO4S. The van der Waals surface area contributed by atoms with Crippen molar-refractivity contribution in [3.05, 3.63) is 17.9 Å². The summed E-state index contributed by atoms with van der Waals surface area (Å²) in [6.45, 7) is 1.30. The molecule has 0 atom stereocenters. The highest BCUT2D eigenvalue weighted by Crippen LogP contribution is 2.17. The Morgan fingerprint density at radius 1 is 1.58 bits per heavy atom. The summed E-state index contributed by atoms with van der Waals surface area (Å²) < 4.78 is 25.8. The zero-order valence-corrected chi connectivity index (χ0v) is 7.65. The fraction of sp³-hybridized carbons (Fsp3) is 0.167. The van der Waals surface area contributed by atoms with Crippen LogP contribution in [0.2, 0.25) is 0 Å². The average molecular weight is 209 g/mol. The largest absolute Gasteiger partial charge is 0.451 e. The Hall–Kier alpha value is -0.810. The quantitative estimate of drug-likeness (QED) is 0.545. The van der Waals surface area contributed by atoms with E-state index in [1.165, 1.54) is 6.92 Å². The average Bonchev–Trinajstić information content (AvgIpc) is 2.30. The minimum Gasteiger partial charge on any atom is -0.451 e. The molecule has 0 fully saturated rings. The van der Waals surface area contributed by atoms with Gasteiger partial charge in [0, 0.05) is 16.7 Å². The molecule has 4 nitrogen and oxygen atoms in total. The van der Waals surface area contributed by atoms with Crippen molar-refractivity contribution in [1.82, 2.24) is 0 Å². The molecule has 0 bridgehead atoms. The molecule has 1 heterocycles. The molecule has 1 aromatic heterocycles. The number of carbonyl (C=O) groups is 1. The maximum absolute atomic E-state index is 10.7. The molecule has 0 saturated heterocycles. The van der Waals surface area contributed by atoms with Gasteiger partial charge in [-0.3, -0.25) is 4.79 Å². The van der Waals surface area contributed by atoms with Gasteiger partial charge in [0.25, 0.3) is 9.05 Å². The molecule has 1 aromatic rings. The Morgan fingerprint density at radius 3 is 2.42 bits per heavy atom. The molecule has 1 rings (SSSR count). The van der Waals surface area contributed by atoms with Crippen LogP contribution in [-0.4, -0.2) is 14.2 Å². The molecule has 12 heavy (non-hydrogen) atoms. The van der Waals surface area contributed by atoms with Crippen LogP contribution in [0.25, 0.3) is 0 Å². The maximum atomic E-state index is 10.7. The third kappa shape index (κ3) is 1.86. The molecule has 0 N–H and O–H groups in total. The van der Waals surface area contributed by atoms with Gasteiger partial charge in [-0.15, -0.1) is 0 Å². The predicted octanol–water partition coefficient (Wildman–Crippen LogP) is 1.41. The van der Waals surface area contributed by atoms with Crippen LogP contribution < -0.4 is 0 Å². The van der Waals surface area contributed by atoms with Gasteiger partial charge < -0.3 is 4.42 Å². The molecule has 0 aliphatic rings. The first kappa shape index (κ1) is 9.28. The third-order valence-electron chi connectivity index (χ3n) is 1.22. The third-order valence-corrected chi connectivity index (χ3v) is 2.37. The van der Waals surface area contributed by atoms with E-state index < -0.39 is 14.1 Å². The minimum absolute atomic E-state index is 0.189. The summed E-state index contributed by atoms with van der Waals surface area (Å²) in [5.41, 5.74) is 0.189. The van der Waals surface area contributed by atoms with E-state index >= 15 is 0 Å². The minimum atomic E-state index is -3.86. The number of carbonyl (C=O) groups excluding carboxylic acids is 1. The molecule has 0 spiro atoms. The van der Waals surface area contributed by atoms with Crippen LogP contribution in [0.1, 0.15) is 17.3 Å². The number of halogens is 1. The molecule has 0 aromatic carbocycles. The van der Waals surface area contributed by atoms with Crippen LogP contribution in [0.4, 0.5) is 0 Å². The van der Waals surface area contributed by atoms with Crippen LogP contribution in [0.5, 0.6) is 0 Å². The highest BCUT2D eigenvalue weighted by molar-refractivity contribution is 8.13. The lowest BCUT2D eigenvalue weighted by molar-refractivity contribution is 0.101. The van der Waals surface area contributed by atoms with E-state index in [1.54, 1.807) is 0 Å². The normalized spacial score (nSPS) is 11.5. The summed E-state index contributed by atoms with van der Waals surface area (Å²) in [7, 11) is 1.08. The number of hydrogen-bond donors (Lipinski definition) is 0. The SMILES string of the molecule is CC(=O)c1coc(S(=O)(=O)Cl)c1. The van der Waals surface area contributed by atoms with Crippen molar-refractivity contribution in [3.8, 4) is 0 Å². The van der Waals surface area contributed by atoms with Crippen LogP contribution in [0, 0.1) is 0 Å². The van der Waals surface area contributed by atoms with Crippen LogP contribution in [-0.2, 0) is 9.05 Å². The van der Waals surface area contributed by atoms with Gasteiger partial charge >= 0.3 is 0 Å². The number of ketones is 1. The Kier molecular flexibility index (Phi) is 2.25. The summed E-state index contributed by atoms with van der Waals surface area (Å²) in [5.74, 6) is -0.273. The van der Waals surface area contributed by atoms with Gasteiger partial charge in [0.15, 0.2) is 5.78 Å². The lowest BCUT2D eigenvalue weighted by Gasteiger charge is -1.83. The molecule has 0 aliphatic carbocycles. The summed E-state index contributed by atoms with van der Waals surface area (Å²) >= 11 is 0. The molecule has 66 valence electrons. The molecule has 0 saturated carbocycles. The van der Waals surface area contributed by atoms with E-state index in [0.717, 1.165) is 12.3 Å². The van der Waals surface area contributed by atoms with Crippen molar-refractivity contribution in [1.29, 1.82) is 0 Å². The van der Waals surface area contributed by atoms with Gasteiger partial charge in [0.2, 0.25) is 5.09 Å². The number of Topliss-reactive ketones (excluding diaryl/α,β-unsaturated/α-hetero) is 1. The Bertz CT molecular complexity index is 403. The van der Waals surface area contributed by atoms with E-state index in [4.69, 9.17) is 10.7 Å². The van der Waals surface area contributed by atoms with Gasteiger partial charge in [-0.25, -0.2) is 8.42 Å². The lowest BCUT2D eigenvalue weighted by atomic mass is 10.2. The number of rotatable bonds is 2. The zero-order valence-electron chi connectivity index (χ0n) is 6.07. The second kappa shape index (κ2) is 2.91. The topological polar surface area (TPSA) is 64.3 Å². The fourth-order valence-electron chi connectivity index (χ4n) is 0.629. The Labute approximate surface area is 73.5 Å². The second-order valence-corrected chi connectivity index (χ2v) is 4.65. The van der Waals surface area contributed by atoms with Gasteiger partial charge in [0.05, 0.1) is 5.56 Å². The summed E-state index contributed by atoms with van der Waals surface area (Å²) in [6, 6.07) is 1.09. The molecule has 0 radical (unpaired) electrons. The molecule has 6 heteroatoms. The van der Waals surface area contributed by atoms with E-state index in [0.29, 0.717) is 0 Å². The first-order chi connectivity index (χ1) is 5.41. The van der Waals surface area contributed by atoms with Crippen LogP contribution in [0.3, 0.4) is 0 Å². The van der Waals surface area contributed by atoms with Crippen molar-refractivity contribution >= 4 is 25.5 Å². The van der Waals surface area contributed by atoms with Gasteiger partial charge in [-0.05, 0) is 6.92 Å². The molecular weight excluding hydrogens is 204 g/mol. The van der Waals surface area contributed by atoms with Crippen molar-refractivity contribution in [2.45, 2.75) is 12.0 Å². The fourth-order valence-corrected chi connectivity index (χ4v) is 1.30. The van der Waals surface area contributed by atoms with Crippen molar-refractivity contribution in [3.63, 3.8) is 0 Å². The summed E-state index contributed by atoms with van der Waals surface area (Å²) in [4.78, 5) is 10.7. The van der Waals surface area contributed by atoms with Crippen molar-refractivity contribution in [2.75, 3.05) is 0 Å². The van der Waals surface area contributed by atoms with Crippen molar-refractivity contribution in [2.24, 2.45) is 0 Å². The first-order valence-corrected chi connectivity index (χ1v) is 5.26. The maximum Gasteiger partial charge on any atom is 0.294 e. The second-order valence-electron chi connectivity index (χ2n) is 2.15. The molecule has 0 amide bonds. The smallest absolute Gasteiger partial charge is 0.294 e.